The summed E-state index contributed by atoms with van der Waals surface area (Å²) in [6.45, 7) is 0.613. The van der Waals surface area contributed by atoms with Gasteiger partial charge in [-0.05, 0) is 14.0 Å². The van der Waals surface area contributed by atoms with Crippen LogP contribution in [0.4, 0.5) is 0 Å². The zero-order chi connectivity index (χ0) is 33.7. The number of rotatable bonds is 9. The average molecular weight is 664 g/mol. The van der Waals surface area contributed by atoms with Crippen LogP contribution in [0, 0.1) is 10.8 Å². The fraction of sp³-hybridized carbons (Fsp3) is 0.857. The summed E-state index contributed by atoms with van der Waals surface area (Å²) in [7, 11) is 1.41. The van der Waals surface area contributed by atoms with Gasteiger partial charge in [0.25, 0.3) is 11.4 Å². The van der Waals surface area contributed by atoms with E-state index in [4.69, 9.17) is 54.5 Å². The normalized spacial score (nSPS) is 43.9. The van der Waals surface area contributed by atoms with Gasteiger partial charge in [-0.15, -0.1) is 0 Å². The third kappa shape index (κ3) is 8.33. The van der Waals surface area contributed by atoms with Gasteiger partial charge in [-0.1, -0.05) is 0 Å². The van der Waals surface area contributed by atoms with Gasteiger partial charge in [0.15, 0.2) is 36.4 Å². The van der Waals surface area contributed by atoms with Gasteiger partial charge >= 0.3 is 0 Å². The highest BCUT2D eigenvalue weighted by atomic mass is 32.2. The highest BCUT2D eigenvalue weighted by Crippen LogP contribution is 2.37. The lowest BCUT2D eigenvalue weighted by molar-refractivity contribution is -0.314. The number of aldehydes is 1. The van der Waals surface area contributed by atoms with E-state index >= 15 is 0 Å². The van der Waals surface area contributed by atoms with Gasteiger partial charge in [0.2, 0.25) is 0 Å². The van der Waals surface area contributed by atoms with Gasteiger partial charge < -0.3 is 82.1 Å². The number of carbonyl (C=O) groups is 1. The van der Waals surface area contributed by atoms with Crippen LogP contribution >= 0.6 is 0 Å². The van der Waals surface area contributed by atoms with Crippen molar-refractivity contribution in [3.63, 3.8) is 0 Å². The number of guanidine groups is 2. The van der Waals surface area contributed by atoms with Crippen LogP contribution in [0.15, 0.2) is 0 Å². The standard InChI is InChI=1S/C21H39N7O12.H2O3S/c1-5-21(36,4-30)16(40-17-9(26-2)13(34)10(31)6(3-29)38-17)18(37-5)39-15-8(28-20(24)25)11(32)7(27-19(22)23)12(33)14(15)35;1-4(2)3/h4-18,26,29,31-36H,3H2,1-2H3,(H4,22,23,27)(H4,24,25,28);(H2,1,2,3)/t5-,6-,7+,8-,9-,10-,11+,12-,13-,14+,15+,16-,17-,18-,21+;/m0./s1. The maximum Gasteiger partial charge on any atom is 0.299 e. The average Bonchev–Trinajstić information content (AvgIpc) is 3.17. The Kier molecular flexibility index (Phi) is 13.7. The molecular formula is C21H41N7O15S. The predicted molar refractivity (Wildman–Crippen MR) is 145 cm³/mol. The van der Waals surface area contributed by atoms with E-state index in [9.17, 15) is 40.5 Å². The third-order valence-electron chi connectivity index (χ3n) is 7.46. The number of nitrogens with two attached hydrogens (primary N) is 2. The molecule has 15 atom stereocenters. The molecule has 44 heavy (non-hydrogen) atoms. The van der Waals surface area contributed by atoms with Crippen LogP contribution in [0.5, 0.6) is 0 Å². The largest absolute Gasteiger partial charge is 0.394 e. The van der Waals surface area contributed by atoms with E-state index in [0.29, 0.717) is 0 Å². The van der Waals surface area contributed by atoms with Crippen molar-refractivity contribution in [2.45, 2.75) is 98.2 Å². The molecule has 1 aliphatic carbocycles. The highest BCUT2D eigenvalue weighted by Gasteiger charge is 2.60. The maximum atomic E-state index is 12.1. The molecule has 2 aliphatic heterocycles. The SMILES string of the molecule is CN[C@@H]1[C@H](O[C@H]2[C@H](O[C@H]3[C@H](O)[C@@H](O)[C@H](NC(=N)N)[C@@H](O)[C@@H]3NC(=N)N)O[C@@H](C)[C@]2(O)C=O)O[C@@H](CO)[C@H](O)[C@H]1O.O=S(O)O. The summed E-state index contributed by atoms with van der Waals surface area (Å²) >= 11 is -2.61. The summed E-state index contributed by atoms with van der Waals surface area (Å²) in [6.07, 6.45) is -17.3. The van der Waals surface area contributed by atoms with E-state index in [-0.39, 0.29) is 6.29 Å². The van der Waals surface area contributed by atoms with Crippen LogP contribution in [-0.2, 0) is 35.1 Å². The van der Waals surface area contributed by atoms with Crippen molar-refractivity contribution in [2.75, 3.05) is 13.7 Å². The molecule has 0 radical (unpaired) electrons. The minimum atomic E-state index is -2.61. The number of carbonyl (C=O) groups excluding carboxylic acids is 1. The van der Waals surface area contributed by atoms with Crippen molar-refractivity contribution in [1.29, 1.82) is 10.8 Å². The van der Waals surface area contributed by atoms with Crippen molar-refractivity contribution in [2.24, 2.45) is 11.5 Å². The second kappa shape index (κ2) is 15.9. The molecule has 3 aliphatic rings. The van der Waals surface area contributed by atoms with Crippen LogP contribution in [0.25, 0.3) is 0 Å². The molecule has 1 saturated carbocycles. The molecule has 256 valence electrons. The van der Waals surface area contributed by atoms with Gasteiger partial charge in [-0.3, -0.25) is 24.7 Å². The molecule has 0 unspecified atom stereocenters. The second-order valence-electron chi connectivity index (χ2n) is 10.2. The number of hydrogen-bond acceptors (Lipinski definition) is 16. The van der Waals surface area contributed by atoms with Crippen molar-refractivity contribution >= 4 is 29.6 Å². The first-order chi connectivity index (χ1) is 20.4. The van der Waals surface area contributed by atoms with E-state index in [1.54, 1.807) is 0 Å². The van der Waals surface area contributed by atoms with Crippen molar-refractivity contribution in [3.8, 4) is 0 Å². The first-order valence-corrected chi connectivity index (χ1v) is 14.0. The number of ether oxygens (including phenoxy) is 4. The lowest BCUT2D eigenvalue weighted by Gasteiger charge is -2.47. The van der Waals surface area contributed by atoms with E-state index in [0.717, 1.165) is 0 Å². The van der Waals surface area contributed by atoms with Crippen LogP contribution in [0.1, 0.15) is 6.92 Å². The predicted octanol–water partition coefficient (Wildman–Crippen LogP) is -8.06. The summed E-state index contributed by atoms with van der Waals surface area (Å²) in [5.41, 5.74) is 8.38. The lowest BCUT2D eigenvalue weighted by Crippen LogP contribution is -2.73. The zero-order valence-electron chi connectivity index (χ0n) is 23.4. The Bertz CT molecular complexity index is 1020. The summed E-state index contributed by atoms with van der Waals surface area (Å²) in [6, 6.07) is -3.95. The topological polar surface area (TPSA) is 389 Å². The summed E-state index contributed by atoms with van der Waals surface area (Å²) < 4.78 is 45.8. The van der Waals surface area contributed by atoms with E-state index < -0.39 is 121 Å². The van der Waals surface area contributed by atoms with E-state index in [1.807, 2.05) is 0 Å². The lowest BCUT2D eigenvalue weighted by atomic mass is 9.81. The Balaban J connectivity index is 0.00000159. The van der Waals surface area contributed by atoms with E-state index in [2.05, 4.69) is 16.0 Å². The Morgan fingerprint density at radius 2 is 1.43 bits per heavy atom. The maximum absolute atomic E-state index is 12.1. The van der Waals surface area contributed by atoms with Gasteiger partial charge in [0.1, 0.15) is 42.7 Å². The molecular weight excluding hydrogens is 622 g/mol. The molecule has 0 aromatic heterocycles. The molecule has 0 aromatic rings. The fourth-order valence-corrected chi connectivity index (χ4v) is 5.18. The molecule has 3 fully saturated rings. The fourth-order valence-electron chi connectivity index (χ4n) is 5.18. The quantitative estimate of drug-likeness (QED) is 0.0471. The van der Waals surface area contributed by atoms with E-state index in [1.165, 1.54) is 14.0 Å². The molecule has 0 aromatic carbocycles. The molecule has 3 rings (SSSR count). The summed E-state index contributed by atoms with van der Waals surface area (Å²) in [5, 5.41) is 96.4. The molecule has 0 bridgehead atoms. The second-order valence-corrected chi connectivity index (χ2v) is 10.7. The smallest absolute Gasteiger partial charge is 0.299 e. The Hall–Kier alpha value is -2.20. The Labute approximate surface area is 252 Å². The Morgan fingerprint density at radius 1 is 0.909 bits per heavy atom. The Morgan fingerprint density at radius 3 is 1.91 bits per heavy atom. The number of aliphatic hydroxyl groups excluding tert-OH is 6. The minimum Gasteiger partial charge on any atom is -0.394 e. The van der Waals surface area contributed by atoms with Crippen LogP contribution < -0.4 is 27.4 Å². The first kappa shape index (κ1) is 38.0. The molecule has 18 N–H and O–H groups in total. The van der Waals surface area contributed by atoms with Crippen molar-refractivity contribution < 1.29 is 72.8 Å². The third-order valence-corrected chi connectivity index (χ3v) is 7.46. The van der Waals surface area contributed by atoms with Gasteiger partial charge in [-0.2, -0.15) is 4.21 Å². The number of likely N-dealkylation sites (N-methyl/N-ethyl adjacent to an activating group) is 1. The van der Waals surface area contributed by atoms with Gasteiger partial charge in [0, 0.05) is 0 Å². The minimum absolute atomic E-state index is 0.136. The molecule has 22 nitrogen and oxygen atoms in total. The van der Waals surface area contributed by atoms with Gasteiger partial charge in [-0.25, -0.2) is 0 Å². The molecule has 0 amide bonds. The van der Waals surface area contributed by atoms with Crippen LogP contribution in [-0.4, -0.2) is 172 Å². The monoisotopic (exact) mass is 663 g/mol. The van der Waals surface area contributed by atoms with Gasteiger partial charge in [0.05, 0.1) is 36.9 Å². The summed E-state index contributed by atoms with van der Waals surface area (Å²) in [5.74, 6) is -1.29. The van der Waals surface area contributed by atoms with Crippen LogP contribution in [0.2, 0.25) is 0 Å². The molecule has 2 saturated heterocycles. The highest BCUT2D eigenvalue weighted by molar-refractivity contribution is 7.73. The van der Waals surface area contributed by atoms with Crippen molar-refractivity contribution in [1.82, 2.24) is 16.0 Å². The summed E-state index contributed by atoms with van der Waals surface area (Å²) in [4.78, 5) is 12.1. The zero-order valence-corrected chi connectivity index (χ0v) is 24.2. The molecule has 23 heteroatoms. The molecule has 2 heterocycles. The number of hydrogen-bond donors (Lipinski definition) is 16. The van der Waals surface area contributed by atoms with Crippen LogP contribution in [0.3, 0.4) is 0 Å². The first-order valence-electron chi connectivity index (χ1n) is 12.9. The number of aliphatic hydroxyl groups is 7. The number of nitrogens with one attached hydrogen (secondary N) is 5. The molecule has 0 spiro atoms. The van der Waals surface area contributed by atoms with Crippen molar-refractivity contribution in [3.05, 3.63) is 0 Å².